The Balaban J connectivity index is 1.87. The molecule has 0 aliphatic heterocycles. The van der Waals surface area contributed by atoms with Crippen LogP contribution in [0.15, 0.2) is 95.1 Å². The quantitative estimate of drug-likeness (QED) is 0.406. The van der Waals surface area contributed by atoms with Crippen LogP contribution in [0.5, 0.6) is 0 Å². The topological polar surface area (TPSA) is 88.6 Å². The lowest BCUT2D eigenvalue weighted by Crippen LogP contribution is -2.03. The summed E-state index contributed by atoms with van der Waals surface area (Å²) >= 11 is 5.86. The predicted molar refractivity (Wildman–Crippen MR) is 119 cm³/mol. The van der Waals surface area contributed by atoms with Gasteiger partial charge in [0.25, 0.3) is 0 Å². The molecule has 0 radical (unpaired) electrons. The number of aromatic nitrogens is 3. The maximum Gasteiger partial charge on any atom is 0.216 e. The molecule has 8 heteroatoms. The summed E-state index contributed by atoms with van der Waals surface area (Å²) in [6.07, 6.45) is 6.28. The van der Waals surface area contributed by atoms with E-state index in [9.17, 15) is 13.7 Å². The van der Waals surface area contributed by atoms with Gasteiger partial charge >= 0.3 is 0 Å². The Bertz CT molecular complexity index is 1390. The van der Waals surface area contributed by atoms with E-state index in [2.05, 4.69) is 10.1 Å². The molecule has 6 nitrogen and oxygen atoms in total. The van der Waals surface area contributed by atoms with Crippen LogP contribution >= 0.6 is 11.6 Å². The first-order valence-electron chi connectivity index (χ1n) is 9.17. The van der Waals surface area contributed by atoms with E-state index in [0.717, 1.165) is 11.3 Å². The van der Waals surface area contributed by atoms with Crippen molar-refractivity contribution in [3.05, 3.63) is 101 Å². The van der Waals surface area contributed by atoms with Crippen molar-refractivity contribution in [2.45, 2.75) is 4.90 Å². The van der Waals surface area contributed by atoms with Crippen molar-refractivity contribution in [3.8, 4) is 23.0 Å². The molecule has 0 bridgehead atoms. The molecule has 0 unspecified atom stereocenters. The number of rotatable bonds is 5. The fourth-order valence-corrected chi connectivity index (χ4v) is 4.27. The first-order chi connectivity index (χ1) is 15.0. The molecule has 0 spiro atoms. The third-order valence-electron chi connectivity index (χ3n) is 4.53. The average molecular weight is 447 g/mol. The molecule has 0 aliphatic rings. The van der Waals surface area contributed by atoms with Crippen LogP contribution in [0.3, 0.4) is 0 Å². The number of hydrogen-bond donors (Lipinski definition) is 0. The minimum absolute atomic E-state index is 0.00869. The van der Waals surface area contributed by atoms with E-state index in [4.69, 9.17) is 11.6 Å². The zero-order valence-corrected chi connectivity index (χ0v) is 17.6. The molecule has 31 heavy (non-hydrogen) atoms. The maximum atomic E-state index is 13.0. The summed E-state index contributed by atoms with van der Waals surface area (Å²) in [5, 5.41) is 14.7. The highest BCUT2D eigenvalue weighted by atomic mass is 35.5. The predicted octanol–water partition coefficient (Wildman–Crippen LogP) is 4.93. The van der Waals surface area contributed by atoms with Crippen molar-refractivity contribution < 1.29 is 8.42 Å². The number of pyridine rings is 1. The molecule has 4 rings (SSSR count). The van der Waals surface area contributed by atoms with Gasteiger partial charge in [-0.1, -0.05) is 29.8 Å². The molecule has 0 amide bonds. The Morgan fingerprint density at radius 3 is 2.32 bits per heavy atom. The van der Waals surface area contributed by atoms with Gasteiger partial charge in [-0.2, -0.15) is 10.4 Å². The van der Waals surface area contributed by atoms with E-state index < -0.39 is 14.7 Å². The lowest BCUT2D eigenvalue weighted by Gasteiger charge is -2.03. The van der Waals surface area contributed by atoms with Crippen LogP contribution in [-0.4, -0.2) is 23.2 Å². The second kappa shape index (κ2) is 8.56. The maximum absolute atomic E-state index is 13.0. The molecule has 152 valence electrons. The standard InChI is InChI=1S/C23H15ClN4O2S/c24-19-6-8-21(9-7-19)31(29,30)22(15-25)14-18-16-28(20-4-2-1-3-5-20)27-23(18)17-10-12-26-13-11-17/h1-14,16H/b22-14-. The van der Waals surface area contributed by atoms with E-state index in [1.807, 2.05) is 36.4 Å². The van der Waals surface area contributed by atoms with Crippen LogP contribution < -0.4 is 0 Å². The van der Waals surface area contributed by atoms with Gasteiger partial charge in [0.2, 0.25) is 9.84 Å². The van der Waals surface area contributed by atoms with E-state index >= 15 is 0 Å². The van der Waals surface area contributed by atoms with Gasteiger partial charge < -0.3 is 0 Å². The Morgan fingerprint density at radius 2 is 1.68 bits per heavy atom. The average Bonchev–Trinajstić information content (AvgIpc) is 3.23. The highest BCUT2D eigenvalue weighted by Gasteiger charge is 2.22. The van der Waals surface area contributed by atoms with Gasteiger partial charge in [-0.3, -0.25) is 4.98 Å². The summed E-state index contributed by atoms with van der Waals surface area (Å²) in [4.78, 5) is 3.62. The van der Waals surface area contributed by atoms with Crippen molar-refractivity contribution in [1.29, 1.82) is 5.26 Å². The van der Waals surface area contributed by atoms with Crippen LogP contribution in [0.2, 0.25) is 5.02 Å². The highest BCUT2D eigenvalue weighted by Crippen LogP contribution is 2.28. The number of allylic oxidation sites excluding steroid dienone is 1. The van der Waals surface area contributed by atoms with E-state index in [1.165, 1.54) is 30.3 Å². The van der Waals surface area contributed by atoms with Crippen LogP contribution in [0.25, 0.3) is 23.0 Å². The van der Waals surface area contributed by atoms with Crippen molar-refractivity contribution in [2.75, 3.05) is 0 Å². The van der Waals surface area contributed by atoms with Gasteiger partial charge in [0.05, 0.1) is 10.6 Å². The number of sulfone groups is 1. The van der Waals surface area contributed by atoms with Crippen molar-refractivity contribution in [3.63, 3.8) is 0 Å². The van der Waals surface area contributed by atoms with Crippen LogP contribution in [0, 0.1) is 11.3 Å². The lowest BCUT2D eigenvalue weighted by molar-refractivity contribution is 0.603. The van der Waals surface area contributed by atoms with Crippen LogP contribution in [0.1, 0.15) is 5.56 Å². The second-order valence-corrected chi connectivity index (χ2v) is 8.88. The first kappa shape index (κ1) is 20.5. The van der Waals surface area contributed by atoms with Crippen molar-refractivity contribution in [2.24, 2.45) is 0 Å². The summed E-state index contributed by atoms with van der Waals surface area (Å²) in [6.45, 7) is 0. The second-order valence-electron chi connectivity index (χ2n) is 6.53. The Hall–Kier alpha value is -3.73. The van der Waals surface area contributed by atoms with Gasteiger partial charge in [-0.15, -0.1) is 0 Å². The van der Waals surface area contributed by atoms with Gasteiger partial charge in [-0.05, 0) is 54.6 Å². The third-order valence-corrected chi connectivity index (χ3v) is 6.46. The lowest BCUT2D eigenvalue weighted by atomic mass is 10.1. The molecule has 0 saturated heterocycles. The van der Waals surface area contributed by atoms with Gasteiger partial charge in [0, 0.05) is 34.7 Å². The Kier molecular flexibility index (Phi) is 5.67. The van der Waals surface area contributed by atoms with E-state index in [-0.39, 0.29) is 4.90 Å². The zero-order valence-electron chi connectivity index (χ0n) is 16.1. The summed E-state index contributed by atoms with van der Waals surface area (Å²) < 4.78 is 27.7. The molecule has 2 aromatic heterocycles. The molecule has 0 saturated carbocycles. The summed E-state index contributed by atoms with van der Waals surface area (Å²) in [5.74, 6) is 0. The number of nitriles is 1. The Labute approximate surface area is 184 Å². The first-order valence-corrected chi connectivity index (χ1v) is 11.0. The molecule has 0 N–H and O–H groups in total. The number of halogens is 1. The minimum atomic E-state index is -4.03. The summed E-state index contributed by atoms with van der Waals surface area (Å²) in [7, 11) is -4.03. The van der Waals surface area contributed by atoms with Crippen LogP contribution in [0.4, 0.5) is 0 Å². The highest BCUT2D eigenvalue weighted by molar-refractivity contribution is 7.95. The summed E-state index contributed by atoms with van der Waals surface area (Å²) in [5.41, 5.74) is 2.57. The molecule has 0 atom stereocenters. The largest absolute Gasteiger partial charge is 0.265 e. The van der Waals surface area contributed by atoms with Crippen molar-refractivity contribution >= 4 is 27.5 Å². The molecule has 0 fully saturated rings. The molecular formula is C23H15ClN4O2S. The fraction of sp³-hybridized carbons (Fsp3) is 0. The van der Waals surface area contributed by atoms with E-state index in [1.54, 1.807) is 35.4 Å². The number of benzene rings is 2. The van der Waals surface area contributed by atoms with Crippen molar-refractivity contribution in [1.82, 2.24) is 14.8 Å². The van der Waals surface area contributed by atoms with Gasteiger partial charge in [0.1, 0.15) is 16.7 Å². The van der Waals surface area contributed by atoms with E-state index in [0.29, 0.717) is 16.3 Å². The summed E-state index contributed by atoms with van der Waals surface area (Å²) in [6, 6.07) is 20.5. The molecule has 2 heterocycles. The normalized spacial score (nSPS) is 11.8. The minimum Gasteiger partial charge on any atom is -0.265 e. The number of para-hydroxylation sites is 1. The fourth-order valence-electron chi connectivity index (χ4n) is 2.99. The SMILES string of the molecule is N#C/C(=C/c1cn(-c2ccccc2)nc1-c1ccncc1)S(=O)(=O)c1ccc(Cl)cc1. The molecule has 2 aromatic carbocycles. The monoisotopic (exact) mass is 446 g/mol. The number of nitrogens with zero attached hydrogens (tertiary/aromatic N) is 4. The smallest absolute Gasteiger partial charge is 0.216 e. The third kappa shape index (κ3) is 4.26. The molecular weight excluding hydrogens is 432 g/mol. The van der Waals surface area contributed by atoms with Crippen LogP contribution in [-0.2, 0) is 9.84 Å². The zero-order chi connectivity index (χ0) is 21.8. The molecule has 0 aliphatic carbocycles. The Morgan fingerprint density at radius 1 is 1.00 bits per heavy atom. The van der Waals surface area contributed by atoms with Gasteiger partial charge in [-0.25, -0.2) is 13.1 Å². The number of hydrogen-bond acceptors (Lipinski definition) is 5. The molecule has 4 aromatic rings. The van der Waals surface area contributed by atoms with Gasteiger partial charge in [0.15, 0.2) is 0 Å².